The van der Waals surface area contributed by atoms with Gasteiger partial charge in [0.15, 0.2) is 5.96 Å². The Morgan fingerprint density at radius 3 is 2.68 bits per heavy atom. The lowest BCUT2D eigenvalue weighted by Crippen LogP contribution is -2.43. The van der Waals surface area contributed by atoms with Gasteiger partial charge in [-0.15, -0.1) is 24.0 Å². The quantitative estimate of drug-likeness (QED) is 0.320. The second-order valence-electron chi connectivity index (χ2n) is 7.84. The summed E-state index contributed by atoms with van der Waals surface area (Å²) in [5.41, 5.74) is 2.58. The van der Waals surface area contributed by atoms with Crippen LogP contribution in [0.3, 0.4) is 0 Å². The molecule has 0 spiro atoms. The summed E-state index contributed by atoms with van der Waals surface area (Å²) in [4.78, 5) is 4.95. The Morgan fingerprint density at radius 2 is 2.00 bits per heavy atom. The minimum absolute atomic E-state index is 0. The predicted octanol–water partition coefficient (Wildman–Crippen LogP) is 4.92. The van der Waals surface area contributed by atoms with E-state index in [9.17, 15) is 0 Å². The standard InChI is InChI=1S/C22H35N3OS.HI/c1-4-23-22(25-19-11-12-20(14-19)27-3)24-15-18-6-5-13-26-21(18)17-9-7-16(2)8-10-17;/h7-10,18-21H,4-6,11-15H2,1-3H3,(H2,23,24,25);1H. The van der Waals surface area contributed by atoms with Crippen LogP contribution in [0.25, 0.3) is 0 Å². The van der Waals surface area contributed by atoms with E-state index in [0.717, 1.165) is 37.3 Å². The summed E-state index contributed by atoms with van der Waals surface area (Å²) >= 11 is 1.99. The van der Waals surface area contributed by atoms with Gasteiger partial charge < -0.3 is 15.4 Å². The van der Waals surface area contributed by atoms with Gasteiger partial charge in [-0.25, -0.2) is 0 Å². The van der Waals surface area contributed by atoms with Crippen LogP contribution in [0.15, 0.2) is 29.3 Å². The highest BCUT2D eigenvalue weighted by Crippen LogP contribution is 2.34. The van der Waals surface area contributed by atoms with Crippen LogP contribution in [0.4, 0.5) is 0 Å². The van der Waals surface area contributed by atoms with Crippen LogP contribution >= 0.6 is 35.7 Å². The van der Waals surface area contributed by atoms with E-state index >= 15 is 0 Å². The molecule has 1 aromatic rings. The molecule has 2 N–H and O–H groups in total. The summed E-state index contributed by atoms with van der Waals surface area (Å²) in [6, 6.07) is 9.35. The molecule has 1 aliphatic heterocycles. The zero-order chi connectivity index (χ0) is 19.1. The van der Waals surface area contributed by atoms with Gasteiger partial charge in [-0.05, 0) is 57.8 Å². The van der Waals surface area contributed by atoms with Gasteiger partial charge in [0.1, 0.15) is 0 Å². The van der Waals surface area contributed by atoms with E-state index in [0.29, 0.717) is 12.0 Å². The van der Waals surface area contributed by atoms with E-state index in [1.54, 1.807) is 0 Å². The van der Waals surface area contributed by atoms with E-state index in [4.69, 9.17) is 9.73 Å². The van der Waals surface area contributed by atoms with Crippen molar-refractivity contribution in [2.24, 2.45) is 10.9 Å². The molecule has 1 aromatic carbocycles. The first kappa shape index (κ1) is 23.8. The number of aryl methyl sites for hydroxylation is 1. The topological polar surface area (TPSA) is 45.7 Å². The Labute approximate surface area is 192 Å². The van der Waals surface area contributed by atoms with E-state index in [1.807, 2.05) is 11.8 Å². The fourth-order valence-corrected chi connectivity index (χ4v) is 4.96. The van der Waals surface area contributed by atoms with Crippen molar-refractivity contribution in [3.05, 3.63) is 35.4 Å². The van der Waals surface area contributed by atoms with Crippen LogP contribution in [-0.4, -0.2) is 43.2 Å². The first-order valence-corrected chi connectivity index (χ1v) is 11.7. The lowest BCUT2D eigenvalue weighted by Gasteiger charge is -2.31. The monoisotopic (exact) mass is 517 g/mol. The molecule has 1 saturated heterocycles. The Hall–Kier alpha value is -0.470. The molecule has 4 atom stereocenters. The largest absolute Gasteiger partial charge is 0.373 e. The van der Waals surface area contributed by atoms with Crippen molar-refractivity contribution in [3.63, 3.8) is 0 Å². The zero-order valence-corrected chi connectivity index (χ0v) is 20.6. The number of halogens is 1. The van der Waals surface area contributed by atoms with Crippen molar-refractivity contribution in [2.45, 2.75) is 63.3 Å². The number of thioether (sulfide) groups is 1. The molecule has 4 unspecified atom stereocenters. The van der Waals surface area contributed by atoms with Crippen molar-refractivity contribution in [1.29, 1.82) is 0 Å². The highest BCUT2D eigenvalue weighted by Gasteiger charge is 2.28. The number of hydrogen-bond acceptors (Lipinski definition) is 3. The minimum atomic E-state index is 0. The van der Waals surface area contributed by atoms with Gasteiger partial charge in [0.05, 0.1) is 6.10 Å². The molecule has 4 nitrogen and oxygen atoms in total. The molecule has 0 amide bonds. The molecule has 3 rings (SSSR count). The summed E-state index contributed by atoms with van der Waals surface area (Å²) in [5.74, 6) is 1.41. The first-order chi connectivity index (χ1) is 13.2. The van der Waals surface area contributed by atoms with E-state index in [-0.39, 0.29) is 30.1 Å². The third kappa shape index (κ3) is 6.80. The molecule has 1 aliphatic carbocycles. The number of nitrogens with zero attached hydrogens (tertiary/aromatic N) is 1. The molecular formula is C22H36IN3OS. The second-order valence-corrected chi connectivity index (χ2v) is 8.97. The molecule has 0 aromatic heterocycles. The van der Waals surface area contributed by atoms with E-state index in [2.05, 4.69) is 55.0 Å². The molecule has 158 valence electrons. The smallest absolute Gasteiger partial charge is 0.191 e. The maximum Gasteiger partial charge on any atom is 0.191 e. The molecule has 1 heterocycles. The van der Waals surface area contributed by atoms with Gasteiger partial charge >= 0.3 is 0 Å². The van der Waals surface area contributed by atoms with Gasteiger partial charge in [-0.1, -0.05) is 29.8 Å². The summed E-state index contributed by atoms with van der Waals surface area (Å²) in [6.07, 6.45) is 8.49. The lowest BCUT2D eigenvalue weighted by molar-refractivity contribution is -0.0250. The van der Waals surface area contributed by atoms with Crippen molar-refractivity contribution in [3.8, 4) is 0 Å². The first-order valence-electron chi connectivity index (χ1n) is 10.5. The molecule has 1 saturated carbocycles. The summed E-state index contributed by atoms with van der Waals surface area (Å²) in [6.45, 7) is 6.83. The summed E-state index contributed by atoms with van der Waals surface area (Å²) in [7, 11) is 0. The number of ether oxygens (including phenoxy) is 1. The van der Waals surface area contributed by atoms with Gasteiger partial charge in [-0.3, -0.25) is 4.99 Å². The van der Waals surface area contributed by atoms with E-state index < -0.39 is 0 Å². The van der Waals surface area contributed by atoms with E-state index in [1.165, 1.54) is 36.8 Å². The predicted molar refractivity (Wildman–Crippen MR) is 132 cm³/mol. The number of benzene rings is 1. The number of nitrogens with one attached hydrogen (secondary N) is 2. The van der Waals surface area contributed by atoms with Crippen LogP contribution < -0.4 is 10.6 Å². The zero-order valence-electron chi connectivity index (χ0n) is 17.4. The van der Waals surface area contributed by atoms with Crippen LogP contribution in [0.2, 0.25) is 0 Å². The van der Waals surface area contributed by atoms with Crippen LogP contribution in [0.1, 0.15) is 56.3 Å². The molecular weight excluding hydrogens is 481 g/mol. The maximum atomic E-state index is 6.16. The van der Waals surface area contributed by atoms with Crippen molar-refractivity contribution in [2.75, 3.05) is 26.0 Å². The number of rotatable bonds is 6. The third-order valence-corrected chi connectivity index (χ3v) is 6.83. The molecule has 2 aliphatic rings. The maximum absolute atomic E-state index is 6.16. The average molecular weight is 518 g/mol. The highest BCUT2D eigenvalue weighted by atomic mass is 127. The minimum Gasteiger partial charge on any atom is -0.373 e. The normalized spacial score (nSPS) is 27.9. The van der Waals surface area contributed by atoms with Crippen molar-refractivity contribution in [1.82, 2.24) is 10.6 Å². The van der Waals surface area contributed by atoms with Crippen molar-refractivity contribution < 1.29 is 4.74 Å². The Bertz CT molecular complexity index is 610. The van der Waals surface area contributed by atoms with Gasteiger partial charge in [-0.2, -0.15) is 11.8 Å². The Morgan fingerprint density at radius 1 is 1.21 bits per heavy atom. The third-order valence-electron chi connectivity index (χ3n) is 5.74. The van der Waals surface area contributed by atoms with Gasteiger partial charge in [0.25, 0.3) is 0 Å². The van der Waals surface area contributed by atoms with Crippen LogP contribution in [-0.2, 0) is 4.74 Å². The number of hydrogen-bond donors (Lipinski definition) is 2. The molecule has 0 bridgehead atoms. The number of guanidine groups is 1. The summed E-state index contributed by atoms with van der Waals surface area (Å²) in [5, 5.41) is 7.90. The highest BCUT2D eigenvalue weighted by molar-refractivity contribution is 14.0. The van der Waals surface area contributed by atoms with Crippen LogP contribution in [0, 0.1) is 12.8 Å². The van der Waals surface area contributed by atoms with Crippen LogP contribution in [0.5, 0.6) is 0 Å². The second kappa shape index (κ2) is 12.3. The average Bonchev–Trinajstić information content (AvgIpc) is 3.15. The molecule has 6 heteroatoms. The molecule has 2 fully saturated rings. The van der Waals surface area contributed by atoms with Crippen molar-refractivity contribution >= 4 is 41.7 Å². The van der Waals surface area contributed by atoms with Gasteiger partial charge in [0, 0.05) is 36.9 Å². The van der Waals surface area contributed by atoms with Gasteiger partial charge in [0.2, 0.25) is 0 Å². The fraction of sp³-hybridized carbons (Fsp3) is 0.682. The fourth-order valence-electron chi connectivity index (χ4n) is 4.16. The SMILES string of the molecule is CCNC(=NCC1CCCOC1c1ccc(C)cc1)NC1CCC(SC)C1.I. The molecule has 0 radical (unpaired) electrons. The molecule has 28 heavy (non-hydrogen) atoms. The summed E-state index contributed by atoms with van der Waals surface area (Å²) < 4.78 is 6.16. The Balaban J connectivity index is 0.00000280. The Kier molecular flexibility index (Phi) is 10.4. The lowest BCUT2D eigenvalue weighted by atomic mass is 9.89. The number of aliphatic imine (C=N–C) groups is 1.